The van der Waals surface area contributed by atoms with Crippen LogP contribution in [0, 0.1) is 0 Å². The average molecular weight is 436 g/mol. The predicted molar refractivity (Wildman–Crippen MR) is 111 cm³/mol. The smallest absolute Gasteiger partial charge is 0.339 e. The van der Waals surface area contributed by atoms with Crippen molar-refractivity contribution in [1.29, 1.82) is 0 Å². The molecule has 5 N–H and O–H groups in total. The molecule has 2 aromatic carbocycles. The molecule has 0 saturated carbocycles. The third kappa shape index (κ3) is 7.61. The molecule has 2 aromatic rings. The first-order chi connectivity index (χ1) is 14.2. The number of amides is 1. The molecule has 0 spiro atoms. The number of para-hydroxylation sites is 1. The maximum Gasteiger partial charge on any atom is 0.339 e. The second kappa shape index (κ2) is 10.9. The zero-order valence-electron chi connectivity index (χ0n) is 16.4. The van der Waals surface area contributed by atoms with Gasteiger partial charge in [0, 0.05) is 12.1 Å². The molecule has 1 atom stereocenters. The highest BCUT2D eigenvalue weighted by atomic mass is 31.2. The Labute approximate surface area is 174 Å². The van der Waals surface area contributed by atoms with Crippen molar-refractivity contribution in [3.8, 4) is 16.9 Å². The fraction of sp³-hybridized carbons (Fsp3) is 0.300. The second-order valence-corrected chi connectivity index (χ2v) is 8.26. The van der Waals surface area contributed by atoms with Crippen LogP contribution in [0.4, 0.5) is 0 Å². The van der Waals surface area contributed by atoms with Gasteiger partial charge in [-0.2, -0.15) is 0 Å². The molecule has 0 bridgehead atoms. The van der Waals surface area contributed by atoms with Crippen molar-refractivity contribution in [2.45, 2.75) is 18.9 Å². The van der Waals surface area contributed by atoms with E-state index in [1.54, 1.807) is 7.11 Å². The van der Waals surface area contributed by atoms with Crippen molar-refractivity contribution >= 4 is 19.5 Å². The molecule has 162 valence electrons. The molecule has 0 heterocycles. The van der Waals surface area contributed by atoms with Crippen LogP contribution in [0.15, 0.2) is 48.5 Å². The Bertz CT molecular complexity index is 912. The summed E-state index contributed by atoms with van der Waals surface area (Å²) in [6.45, 7) is -0.0744. The Morgan fingerprint density at radius 1 is 1.10 bits per heavy atom. The molecule has 10 heteroatoms. The minimum absolute atomic E-state index is 0.0744. The largest absolute Gasteiger partial charge is 0.496 e. The number of carboxylic acids is 1. The number of ether oxygens (including phenoxy) is 1. The maximum atomic E-state index is 12.4. The lowest BCUT2D eigenvalue weighted by molar-refractivity contribution is -0.137. The summed E-state index contributed by atoms with van der Waals surface area (Å²) in [6.07, 6.45) is -0.737. The summed E-state index contributed by atoms with van der Waals surface area (Å²) in [5.41, 5.74) is 2.60. The highest BCUT2D eigenvalue weighted by Gasteiger charge is 2.23. The minimum atomic E-state index is -4.36. The molecule has 0 aromatic heterocycles. The zero-order valence-corrected chi connectivity index (χ0v) is 17.3. The van der Waals surface area contributed by atoms with Gasteiger partial charge >= 0.3 is 13.6 Å². The third-order valence-electron chi connectivity index (χ3n) is 4.31. The number of carbonyl (C=O) groups excluding carboxylic acids is 1. The van der Waals surface area contributed by atoms with Crippen molar-refractivity contribution < 1.29 is 33.8 Å². The van der Waals surface area contributed by atoms with Crippen LogP contribution in [0.25, 0.3) is 11.1 Å². The zero-order chi connectivity index (χ0) is 22.1. The van der Waals surface area contributed by atoms with Gasteiger partial charge in [0.05, 0.1) is 25.9 Å². The molecular weight excluding hydrogens is 411 g/mol. The standard InChI is InChI=1S/C20H25N2O7P/c1-29-18-5-3-2-4-16(18)15-8-6-14(7-9-15)12-17(22-13-30(26,27)28)20(25)21-11-10-19(23)24/h2-9,17,22H,10-13H2,1H3,(H,21,25)(H,23,24)(H2,26,27,28). The van der Waals surface area contributed by atoms with Crippen LogP contribution in [0.5, 0.6) is 5.75 Å². The quantitative estimate of drug-likeness (QED) is 0.334. The van der Waals surface area contributed by atoms with E-state index in [0.29, 0.717) is 0 Å². The van der Waals surface area contributed by atoms with Crippen LogP contribution in [-0.4, -0.2) is 52.8 Å². The van der Waals surface area contributed by atoms with Gasteiger partial charge in [-0.3, -0.25) is 19.5 Å². The van der Waals surface area contributed by atoms with E-state index in [2.05, 4.69) is 10.6 Å². The lowest BCUT2D eigenvalue weighted by atomic mass is 10.00. The molecule has 30 heavy (non-hydrogen) atoms. The van der Waals surface area contributed by atoms with Gasteiger partial charge in [0.2, 0.25) is 5.91 Å². The van der Waals surface area contributed by atoms with Crippen LogP contribution in [-0.2, 0) is 20.6 Å². The van der Waals surface area contributed by atoms with Crippen LogP contribution >= 0.6 is 7.60 Å². The maximum absolute atomic E-state index is 12.4. The Kier molecular flexibility index (Phi) is 8.56. The first-order valence-corrected chi connectivity index (χ1v) is 11.0. The monoisotopic (exact) mass is 436 g/mol. The van der Waals surface area contributed by atoms with E-state index in [1.165, 1.54) is 0 Å². The van der Waals surface area contributed by atoms with Gasteiger partial charge in [0.1, 0.15) is 5.75 Å². The number of methoxy groups -OCH3 is 1. The molecule has 2 rings (SSSR count). The van der Waals surface area contributed by atoms with E-state index in [-0.39, 0.29) is 19.4 Å². The van der Waals surface area contributed by atoms with Gasteiger partial charge in [-0.1, -0.05) is 42.5 Å². The van der Waals surface area contributed by atoms with Gasteiger partial charge in [-0.05, 0) is 23.6 Å². The summed E-state index contributed by atoms with van der Waals surface area (Å²) >= 11 is 0. The Morgan fingerprint density at radius 2 is 1.77 bits per heavy atom. The molecule has 0 saturated heterocycles. The molecule has 1 amide bonds. The van der Waals surface area contributed by atoms with E-state index < -0.39 is 31.8 Å². The van der Waals surface area contributed by atoms with Crippen molar-refractivity contribution in [3.63, 3.8) is 0 Å². The number of hydrogen-bond donors (Lipinski definition) is 5. The lowest BCUT2D eigenvalue weighted by Crippen LogP contribution is -2.46. The highest BCUT2D eigenvalue weighted by molar-refractivity contribution is 7.51. The third-order valence-corrected chi connectivity index (χ3v) is 4.90. The number of aliphatic carboxylic acids is 1. The van der Waals surface area contributed by atoms with Crippen LogP contribution < -0.4 is 15.4 Å². The molecule has 0 aliphatic carbocycles. The van der Waals surface area contributed by atoms with Crippen LogP contribution in [0.2, 0.25) is 0 Å². The first-order valence-electron chi connectivity index (χ1n) is 9.19. The number of benzene rings is 2. The fourth-order valence-electron chi connectivity index (χ4n) is 2.84. The van der Waals surface area contributed by atoms with Gasteiger partial charge in [0.25, 0.3) is 0 Å². The normalized spacial score (nSPS) is 12.2. The van der Waals surface area contributed by atoms with E-state index in [4.69, 9.17) is 19.6 Å². The highest BCUT2D eigenvalue weighted by Crippen LogP contribution is 2.32. The number of carboxylic acid groups (broad SMARTS) is 1. The average Bonchev–Trinajstić information content (AvgIpc) is 2.70. The molecule has 0 aliphatic heterocycles. The molecule has 0 fully saturated rings. The summed E-state index contributed by atoms with van der Waals surface area (Å²) in [5, 5.41) is 13.7. The Morgan fingerprint density at radius 3 is 2.37 bits per heavy atom. The molecule has 9 nitrogen and oxygen atoms in total. The summed E-state index contributed by atoms with van der Waals surface area (Å²) in [5.74, 6) is -0.857. The van der Waals surface area contributed by atoms with Crippen molar-refractivity contribution in [2.75, 3.05) is 19.9 Å². The SMILES string of the molecule is COc1ccccc1-c1ccc(CC(NCP(=O)(O)O)C(=O)NCCC(=O)O)cc1. The van der Waals surface area contributed by atoms with E-state index in [0.717, 1.165) is 22.4 Å². The molecule has 0 aliphatic rings. The number of rotatable bonds is 11. The minimum Gasteiger partial charge on any atom is -0.496 e. The van der Waals surface area contributed by atoms with Gasteiger partial charge in [0.15, 0.2) is 0 Å². The fourth-order valence-corrected chi connectivity index (χ4v) is 3.30. The van der Waals surface area contributed by atoms with Crippen molar-refractivity contribution in [1.82, 2.24) is 10.6 Å². The lowest BCUT2D eigenvalue weighted by Gasteiger charge is -2.19. The van der Waals surface area contributed by atoms with Gasteiger partial charge in [-0.15, -0.1) is 0 Å². The molecule has 0 radical (unpaired) electrons. The number of carbonyl (C=O) groups is 2. The van der Waals surface area contributed by atoms with Crippen molar-refractivity contribution in [3.05, 3.63) is 54.1 Å². The number of hydrogen-bond acceptors (Lipinski definition) is 5. The van der Waals surface area contributed by atoms with E-state index in [1.807, 2.05) is 48.5 Å². The predicted octanol–water partition coefficient (Wildman–Crippen LogP) is 1.59. The molecule has 1 unspecified atom stereocenters. The topological polar surface area (TPSA) is 145 Å². The van der Waals surface area contributed by atoms with Gasteiger partial charge in [-0.25, -0.2) is 0 Å². The van der Waals surface area contributed by atoms with E-state index >= 15 is 0 Å². The number of nitrogens with one attached hydrogen (secondary N) is 2. The second-order valence-electron chi connectivity index (χ2n) is 6.62. The van der Waals surface area contributed by atoms with Gasteiger partial charge < -0.3 is 24.9 Å². The summed E-state index contributed by atoms with van der Waals surface area (Å²) in [7, 11) is -2.77. The summed E-state index contributed by atoms with van der Waals surface area (Å²) in [6, 6.07) is 14.0. The Hall–Kier alpha value is -2.71. The van der Waals surface area contributed by atoms with E-state index in [9.17, 15) is 14.2 Å². The molecular formula is C20H25N2O7P. The van der Waals surface area contributed by atoms with Crippen LogP contribution in [0.1, 0.15) is 12.0 Å². The Balaban J connectivity index is 2.12. The van der Waals surface area contributed by atoms with Crippen LogP contribution in [0.3, 0.4) is 0 Å². The summed E-state index contributed by atoms with van der Waals surface area (Å²) in [4.78, 5) is 41.2. The first kappa shape index (κ1) is 23.6. The summed E-state index contributed by atoms with van der Waals surface area (Å²) < 4.78 is 16.6. The van der Waals surface area contributed by atoms with Crippen molar-refractivity contribution in [2.24, 2.45) is 0 Å².